The lowest BCUT2D eigenvalue weighted by atomic mass is 10.0. The second kappa shape index (κ2) is 15.2. The summed E-state index contributed by atoms with van der Waals surface area (Å²) in [4.78, 5) is 5.19. The van der Waals surface area contributed by atoms with Gasteiger partial charge in [-0.3, -0.25) is 4.90 Å². The molecular formula is C28H46N4. The molecule has 1 aliphatic heterocycles. The molecule has 2 aromatic carbocycles. The molecule has 1 saturated heterocycles. The lowest BCUT2D eigenvalue weighted by Crippen LogP contribution is -2.48. The highest BCUT2D eigenvalue weighted by Gasteiger charge is 2.15. The maximum atomic E-state index is 5.49. The first kappa shape index (κ1) is 26.5. The van der Waals surface area contributed by atoms with Crippen LogP contribution in [0.15, 0.2) is 42.5 Å². The molecule has 3 rings (SSSR count). The molecule has 2 aromatic rings. The highest BCUT2D eigenvalue weighted by atomic mass is 15.3. The molecule has 0 aliphatic carbocycles. The maximum Gasteiger partial charge on any atom is 0.0110 e. The van der Waals surface area contributed by atoms with E-state index in [1.807, 2.05) is 0 Å². The first-order chi connectivity index (χ1) is 15.5. The molecule has 32 heavy (non-hydrogen) atoms. The minimum absolute atomic E-state index is 0.732. The van der Waals surface area contributed by atoms with Crippen molar-refractivity contribution < 1.29 is 0 Å². The van der Waals surface area contributed by atoms with Crippen molar-refractivity contribution in [2.75, 3.05) is 58.9 Å². The molecule has 0 spiro atoms. The Kier molecular flexibility index (Phi) is 12.6. The number of hydrogen-bond donors (Lipinski definition) is 2. The third-order valence-corrected chi connectivity index (χ3v) is 6.48. The van der Waals surface area contributed by atoms with Gasteiger partial charge in [0.15, 0.2) is 0 Å². The number of benzene rings is 2. The fourth-order valence-corrected chi connectivity index (χ4v) is 4.13. The highest BCUT2D eigenvalue weighted by Crippen LogP contribution is 2.11. The number of nitrogens with zero attached hydrogens (tertiary/aromatic N) is 2. The van der Waals surface area contributed by atoms with Crippen molar-refractivity contribution in [3.63, 3.8) is 0 Å². The summed E-state index contributed by atoms with van der Waals surface area (Å²) in [7, 11) is 0. The number of aryl methyl sites for hydroxylation is 5. The van der Waals surface area contributed by atoms with Gasteiger partial charge in [-0.05, 0) is 75.8 Å². The molecule has 0 aromatic heterocycles. The SMILES string of the molecule is Cc1ccc(C)c(C)c1.Cc1ccccc1CCCCN1CCN(CCNCCN)CC1. The molecule has 3 N–H and O–H groups in total. The fourth-order valence-electron chi connectivity index (χ4n) is 4.13. The minimum Gasteiger partial charge on any atom is -0.329 e. The van der Waals surface area contributed by atoms with Crippen molar-refractivity contribution in [2.45, 2.75) is 47.0 Å². The van der Waals surface area contributed by atoms with Crippen molar-refractivity contribution in [1.82, 2.24) is 15.1 Å². The van der Waals surface area contributed by atoms with Gasteiger partial charge >= 0.3 is 0 Å². The average molecular weight is 439 g/mol. The van der Waals surface area contributed by atoms with Crippen molar-refractivity contribution in [2.24, 2.45) is 5.73 Å². The van der Waals surface area contributed by atoms with Crippen LogP contribution in [0.1, 0.15) is 40.7 Å². The van der Waals surface area contributed by atoms with Gasteiger partial charge in [-0.2, -0.15) is 0 Å². The van der Waals surface area contributed by atoms with Crippen molar-refractivity contribution >= 4 is 0 Å². The van der Waals surface area contributed by atoms with Crippen LogP contribution in [0.2, 0.25) is 0 Å². The van der Waals surface area contributed by atoms with Crippen LogP contribution in [0.4, 0.5) is 0 Å². The number of hydrogen-bond acceptors (Lipinski definition) is 4. The predicted molar refractivity (Wildman–Crippen MR) is 140 cm³/mol. The summed E-state index contributed by atoms with van der Waals surface area (Å²) in [5.41, 5.74) is 12.5. The Bertz CT molecular complexity index is 766. The van der Waals surface area contributed by atoms with Crippen LogP contribution < -0.4 is 11.1 Å². The number of nitrogens with two attached hydrogens (primary N) is 1. The second-order valence-electron chi connectivity index (χ2n) is 9.19. The normalized spacial score (nSPS) is 14.8. The summed E-state index contributed by atoms with van der Waals surface area (Å²) in [5, 5.41) is 3.38. The molecular weight excluding hydrogens is 392 g/mol. The van der Waals surface area contributed by atoms with E-state index in [1.54, 1.807) is 0 Å². The Labute approximate surface area is 197 Å². The maximum absolute atomic E-state index is 5.49. The topological polar surface area (TPSA) is 44.5 Å². The van der Waals surface area contributed by atoms with Crippen molar-refractivity contribution in [3.05, 3.63) is 70.3 Å². The summed E-state index contributed by atoms with van der Waals surface area (Å²) in [6.45, 7) is 18.6. The molecule has 0 atom stereocenters. The van der Waals surface area contributed by atoms with Crippen LogP contribution in [-0.2, 0) is 6.42 Å². The van der Waals surface area contributed by atoms with E-state index in [0.29, 0.717) is 0 Å². The number of rotatable bonds is 10. The highest BCUT2D eigenvalue weighted by molar-refractivity contribution is 5.28. The largest absolute Gasteiger partial charge is 0.329 e. The Morgan fingerprint density at radius 2 is 1.44 bits per heavy atom. The van der Waals surface area contributed by atoms with Gasteiger partial charge in [0, 0.05) is 52.4 Å². The third-order valence-electron chi connectivity index (χ3n) is 6.48. The molecule has 0 unspecified atom stereocenters. The van der Waals surface area contributed by atoms with Gasteiger partial charge in [-0.1, -0.05) is 48.0 Å². The zero-order chi connectivity index (χ0) is 23.2. The van der Waals surface area contributed by atoms with Crippen LogP contribution in [-0.4, -0.2) is 68.7 Å². The number of unbranched alkanes of at least 4 members (excludes halogenated alkanes) is 1. The van der Waals surface area contributed by atoms with E-state index in [9.17, 15) is 0 Å². The molecule has 4 heteroatoms. The zero-order valence-corrected chi connectivity index (χ0v) is 21.0. The molecule has 178 valence electrons. The Morgan fingerprint density at radius 3 is 2.06 bits per heavy atom. The Morgan fingerprint density at radius 1 is 0.750 bits per heavy atom. The van der Waals surface area contributed by atoms with Crippen LogP contribution in [0.5, 0.6) is 0 Å². The monoisotopic (exact) mass is 438 g/mol. The van der Waals surface area contributed by atoms with E-state index < -0.39 is 0 Å². The average Bonchev–Trinajstić information content (AvgIpc) is 2.79. The first-order valence-corrected chi connectivity index (χ1v) is 12.4. The molecule has 0 amide bonds. The summed E-state index contributed by atoms with van der Waals surface area (Å²) in [6, 6.07) is 15.3. The van der Waals surface area contributed by atoms with Gasteiger partial charge in [-0.25, -0.2) is 0 Å². The third kappa shape index (κ3) is 10.3. The quantitative estimate of drug-likeness (QED) is 0.548. The van der Waals surface area contributed by atoms with Crippen molar-refractivity contribution in [1.29, 1.82) is 0 Å². The van der Waals surface area contributed by atoms with E-state index in [-0.39, 0.29) is 0 Å². The lowest BCUT2D eigenvalue weighted by molar-refractivity contribution is 0.131. The summed E-state index contributed by atoms with van der Waals surface area (Å²) in [6.07, 6.45) is 3.83. The standard InChI is InChI=1S/C19H34N4.C9H12/c1-18-6-2-3-7-19(18)8-4-5-12-22-14-16-23(17-15-22)13-11-21-10-9-20;1-7-4-5-8(2)9(3)6-7/h2-3,6-7,21H,4-5,8-17,20H2,1H3;4-6H,1-3H3. The summed E-state index contributed by atoms with van der Waals surface area (Å²) in [5.74, 6) is 0. The van der Waals surface area contributed by atoms with E-state index in [2.05, 4.69) is 85.3 Å². The second-order valence-corrected chi connectivity index (χ2v) is 9.19. The Balaban J connectivity index is 0.000000336. The van der Waals surface area contributed by atoms with E-state index in [4.69, 9.17) is 5.73 Å². The molecule has 1 aliphatic rings. The van der Waals surface area contributed by atoms with Crippen molar-refractivity contribution in [3.8, 4) is 0 Å². The molecule has 0 bridgehead atoms. The fraction of sp³-hybridized carbons (Fsp3) is 0.571. The van der Waals surface area contributed by atoms with Gasteiger partial charge < -0.3 is 16.0 Å². The van der Waals surface area contributed by atoms with Gasteiger partial charge in [0.25, 0.3) is 0 Å². The van der Waals surface area contributed by atoms with E-state index in [1.165, 1.54) is 79.8 Å². The van der Waals surface area contributed by atoms with Crippen LogP contribution in [0, 0.1) is 27.7 Å². The molecule has 1 heterocycles. The van der Waals surface area contributed by atoms with Gasteiger partial charge in [0.05, 0.1) is 0 Å². The smallest absolute Gasteiger partial charge is 0.0110 e. The predicted octanol–water partition coefficient (Wildman–Crippen LogP) is 4.10. The number of piperazine rings is 1. The molecule has 0 saturated carbocycles. The zero-order valence-electron chi connectivity index (χ0n) is 21.0. The van der Waals surface area contributed by atoms with Crippen LogP contribution in [0.25, 0.3) is 0 Å². The van der Waals surface area contributed by atoms with Gasteiger partial charge in [0.2, 0.25) is 0 Å². The summed E-state index contributed by atoms with van der Waals surface area (Å²) < 4.78 is 0. The van der Waals surface area contributed by atoms with Gasteiger partial charge in [-0.15, -0.1) is 0 Å². The van der Waals surface area contributed by atoms with Crippen LogP contribution >= 0.6 is 0 Å². The van der Waals surface area contributed by atoms with Gasteiger partial charge in [0.1, 0.15) is 0 Å². The van der Waals surface area contributed by atoms with E-state index >= 15 is 0 Å². The lowest BCUT2D eigenvalue weighted by Gasteiger charge is -2.34. The van der Waals surface area contributed by atoms with Crippen LogP contribution in [0.3, 0.4) is 0 Å². The first-order valence-electron chi connectivity index (χ1n) is 12.4. The minimum atomic E-state index is 0.732. The summed E-state index contributed by atoms with van der Waals surface area (Å²) >= 11 is 0. The molecule has 4 nitrogen and oxygen atoms in total. The number of nitrogens with one attached hydrogen (secondary N) is 1. The molecule has 1 fully saturated rings. The van der Waals surface area contributed by atoms with E-state index in [0.717, 1.165) is 26.2 Å². The Hall–Kier alpha value is -1.72. The molecule has 0 radical (unpaired) electrons.